The van der Waals surface area contributed by atoms with Crippen molar-refractivity contribution >= 4 is 17.5 Å². The number of anilines is 1. The minimum Gasteiger partial charge on any atom is -0.511 e. The average molecular weight is 366 g/mol. The fourth-order valence-electron chi connectivity index (χ4n) is 4.00. The average Bonchev–Trinajstić information content (AvgIpc) is 2.55. The van der Waals surface area contributed by atoms with Crippen molar-refractivity contribution in [1.82, 2.24) is 0 Å². The lowest BCUT2D eigenvalue weighted by molar-refractivity contribution is -0.124. The summed E-state index contributed by atoms with van der Waals surface area (Å²) in [6.45, 7) is 13.8. The van der Waals surface area contributed by atoms with Gasteiger partial charge in [0.1, 0.15) is 11.7 Å². The summed E-state index contributed by atoms with van der Waals surface area (Å²) in [4.78, 5) is 26.8. The number of imide groups is 1. The van der Waals surface area contributed by atoms with E-state index in [9.17, 15) is 14.7 Å². The first-order valence-electron chi connectivity index (χ1n) is 9.43. The Labute approximate surface area is 161 Å². The van der Waals surface area contributed by atoms with Crippen molar-refractivity contribution in [1.29, 1.82) is 0 Å². The highest BCUT2D eigenvalue weighted by Crippen LogP contribution is 2.54. The van der Waals surface area contributed by atoms with Crippen LogP contribution in [0.25, 0.3) is 0 Å². The van der Waals surface area contributed by atoms with Crippen LogP contribution in [0.3, 0.4) is 0 Å². The summed E-state index contributed by atoms with van der Waals surface area (Å²) in [5.41, 5.74) is 4.21. The van der Waals surface area contributed by atoms with Crippen LogP contribution in [0.2, 0.25) is 0 Å². The molecule has 27 heavy (non-hydrogen) atoms. The SMILES string of the molecule is CC(=O)N1C(=O)[C]2C(O)=C(C)C=C(C(C)(C)C)C2c2cc(C(C)C)ccc21. The predicted molar refractivity (Wildman–Crippen MR) is 108 cm³/mol. The second kappa shape index (κ2) is 6.36. The van der Waals surface area contributed by atoms with Gasteiger partial charge in [0.25, 0.3) is 0 Å². The van der Waals surface area contributed by atoms with Crippen molar-refractivity contribution in [2.24, 2.45) is 5.41 Å². The van der Waals surface area contributed by atoms with E-state index in [2.05, 4.69) is 40.7 Å². The van der Waals surface area contributed by atoms with Crippen molar-refractivity contribution < 1.29 is 14.7 Å². The van der Waals surface area contributed by atoms with Crippen molar-refractivity contribution in [3.63, 3.8) is 0 Å². The number of amides is 2. The predicted octanol–water partition coefficient (Wildman–Crippen LogP) is 5.18. The van der Waals surface area contributed by atoms with Crippen LogP contribution in [0.5, 0.6) is 0 Å². The van der Waals surface area contributed by atoms with Crippen LogP contribution >= 0.6 is 0 Å². The Morgan fingerprint density at radius 3 is 2.37 bits per heavy atom. The molecule has 1 N–H and O–H groups in total. The number of aliphatic hydroxyl groups excluding tert-OH is 1. The van der Waals surface area contributed by atoms with Crippen molar-refractivity contribution in [3.05, 3.63) is 58.2 Å². The van der Waals surface area contributed by atoms with Crippen LogP contribution in [0.4, 0.5) is 5.69 Å². The number of carbonyl (C=O) groups is 2. The Hall–Kier alpha value is -2.36. The van der Waals surface area contributed by atoms with E-state index in [1.807, 2.05) is 18.2 Å². The monoisotopic (exact) mass is 366 g/mol. The normalized spacial score (nSPS) is 20.6. The standard InChI is InChI=1S/C23H28NO3/c1-12(2)15-8-9-18-16(11-15)19-17(23(5,6)7)10-13(3)21(26)20(19)22(27)24(18)14(4)25/h8-12,19,26H,1-7H3. The van der Waals surface area contributed by atoms with Gasteiger partial charge in [-0.25, -0.2) is 4.90 Å². The molecule has 1 radical (unpaired) electrons. The highest BCUT2D eigenvalue weighted by molar-refractivity contribution is 6.23. The highest BCUT2D eigenvalue weighted by atomic mass is 16.3. The molecule has 3 rings (SSSR count). The summed E-state index contributed by atoms with van der Waals surface area (Å²) in [6.07, 6.45) is 1.99. The van der Waals surface area contributed by atoms with Gasteiger partial charge in [-0.05, 0) is 41.0 Å². The van der Waals surface area contributed by atoms with Crippen LogP contribution in [0.1, 0.15) is 71.4 Å². The van der Waals surface area contributed by atoms with E-state index >= 15 is 0 Å². The highest BCUT2D eigenvalue weighted by Gasteiger charge is 2.50. The molecule has 1 aromatic carbocycles. The molecule has 2 aliphatic rings. The van der Waals surface area contributed by atoms with E-state index in [0.717, 1.165) is 16.7 Å². The molecule has 1 aromatic rings. The van der Waals surface area contributed by atoms with Gasteiger partial charge in [-0.15, -0.1) is 0 Å². The first-order chi connectivity index (χ1) is 12.4. The number of hydrogen-bond donors (Lipinski definition) is 1. The number of nitrogens with zero attached hydrogens (tertiary/aromatic N) is 1. The van der Waals surface area contributed by atoms with E-state index in [0.29, 0.717) is 23.1 Å². The van der Waals surface area contributed by atoms with Crippen LogP contribution < -0.4 is 4.90 Å². The maximum atomic E-state index is 13.3. The first-order valence-corrected chi connectivity index (χ1v) is 9.43. The fourth-order valence-corrected chi connectivity index (χ4v) is 4.00. The molecule has 1 atom stereocenters. The van der Waals surface area contributed by atoms with Gasteiger partial charge < -0.3 is 5.11 Å². The van der Waals surface area contributed by atoms with Gasteiger partial charge in [0.05, 0.1) is 5.69 Å². The van der Waals surface area contributed by atoms with E-state index < -0.39 is 5.91 Å². The molecule has 0 spiro atoms. The second-order valence-electron chi connectivity index (χ2n) is 8.86. The second-order valence-corrected chi connectivity index (χ2v) is 8.86. The molecule has 1 aliphatic carbocycles. The lowest BCUT2D eigenvalue weighted by atomic mass is 9.64. The third kappa shape index (κ3) is 3.01. The Balaban J connectivity index is 2.35. The zero-order chi connectivity index (χ0) is 20.3. The molecular weight excluding hydrogens is 338 g/mol. The minimum absolute atomic E-state index is 0.00940. The third-order valence-electron chi connectivity index (χ3n) is 5.48. The van der Waals surface area contributed by atoms with E-state index in [1.54, 1.807) is 6.92 Å². The largest absolute Gasteiger partial charge is 0.511 e. The maximum Gasteiger partial charge on any atom is 0.250 e. The van der Waals surface area contributed by atoms with Crippen molar-refractivity contribution in [2.75, 3.05) is 4.90 Å². The summed E-state index contributed by atoms with van der Waals surface area (Å²) in [7, 11) is 0. The molecule has 0 saturated heterocycles. The molecule has 0 saturated carbocycles. The van der Waals surface area contributed by atoms with Gasteiger partial charge in [-0.3, -0.25) is 9.59 Å². The van der Waals surface area contributed by atoms with Crippen LogP contribution in [0, 0.1) is 11.3 Å². The summed E-state index contributed by atoms with van der Waals surface area (Å²) >= 11 is 0. The van der Waals surface area contributed by atoms with Gasteiger partial charge in [0, 0.05) is 12.8 Å². The molecular formula is C23H28NO3. The lowest BCUT2D eigenvalue weighted by Crippen LogP contribution is -2.47. The van der Waals surface area contributed by atoms with Crippen molar-refractivity contribution in [2.45, 2.75) is 60.3 Å². The summed E-state index contributed by atoms with van der Waals surface area (Å²) in [5, 5.41) is 10.8. The quantitative estimate of drug-likeness (QED) is 0.745. The summed E-state index contributed by atoms with van der Waals surface area (Å²) < 4.78 is 0. The molecule has 4 heteroatoms. The van der Waals surface area contributed by atoms with Crippen LogP contribution in [-0.4, -0.2) is 16.9 Å². The van der Waals surface area contributed by atoms with Crippen LogP contribution in [-0.2, 0) is 9.59 Å². The first kappa shape index (κ1) is 19.4. The zero-order valence-electron chi connectivity index (χ0n) is 17.2. The minimum atomic E-state index is -0.427. The van der Waals surface area contributed by atoms with Gasteiger partial charge in [-0.2, -0.15) is 0 Å². The fraction of sp³-hybridized carbons (Fsp3) is 0.435. The molecule has 2 amide bonds. The Kier molecular flexibility index (Phi) is 4.57. The Morgan fingerprint density at radius 2 is 1.85 bits per heavy atom. The Morgan fingerprint density at radius 1 is 1.22 bits per heavy atom. The van der Waals surface area contributed by atoms with Gasteiger partial charge in [0.15, 0.2) is 0 Å². The zero-order valence-corrected chi connectivity index (χ0v) is 17.2. The number of fused-ring (bicyclic) bond motifs is 3. The smallest absolute Gasteiger partial charge is 0.250 e. The van der Waals surface area contributed by atoms with E-state index in [-0.39, 0.29) is 23.0 Å². The van der Waals surface area contributed by atoms with E-state index in [4.69, 9.17) is 0 Å². The van der Waals surface area contributed by atoms with Gasteiger partial charge in [-0.1, -0.05) is 58.4 Å². The molecule has 1 aliphatic heterocycles. The number of benzene rings is 1. The van der Waals surface area contributed by atoms with Crippen molar-refractivity contribution in [3.8, 4) is 0 Å². The molecule has 143 valence electrons. The number of allylic oxidation sites excluding steroid dienone is 3. The molecule has 4 nitrogen and oxygen atoms in total. The van der Waals surface area contributed by atoms with E-state index in [1.165, 1.54) is 11.8 Å². The summed E-state index contributed by atoms with van der Waals surface area (Å²) in [6, 6.07) is 5.92. The molecule has 0 fully saturated rings. The summed E-state index contributed by atoms with van der Waals surface area (Å²) in [5.74, 6) is -0.497. The maximum absolute atomic E-state index is 13.3. The third-order valence-corrected chi connectivity index (χ3v) is 5.48. The topological polar surface area (TPSA) is 57.6 Å². The molecule has 1 unspecified atom stereocenters. The molecule has 0 aromatic heterocycles. The Bertz CT molecular complexity index is 883. The molecule has 0 bridgehead atoms. The number of rotatable bonds is 1. The van der Waals surface area contributed by atoms with Gasteiger partial charge in [0.2, 0.25) is 11.8 Å². The number of carbonyl (C=O) groups excluding carboxylic acids is 2. The van der Waals surface area contributed by atoms with Crippen LogP contribution in [0.15, 0.2) is 41.2 Å². The lowest BCUT2D eigenvalue weighted by Gasteiger charge is -2.44. The van der Waals surface area contributed by atoms with Gasteiger partial charge >= 0.3 is 0 Å². The number of aliphatic hydroxyl groups is 1. The number of hydrogen-bond acceptors (Lipinski definition) is 3. The molecule has 1 heterocycles.